The molecule has 2 atom stereocenters. The Morgan fingerprint density at radius 3 is 2.84 bits per heavy atom. The first-order valence-corrected chi connectivity index (χ1v) is 6.88. The minimum absolute atomic E-state index is 0.252. The molecule has 0 radical (unpaired) electrons. The Kier molecular flexibility index (Phi) is 3.49. The highest BCUT2D eigenvalue weighted by Crippen LogP contribution is 2.39. The fourth-order valence-corrected chi connectivity index (χ4v) is 2.83. The minimum atomic E-state index is 0.252. The van der Waals surface area contributed by atoms with Gasteiger partial charge < -0.3 is 10.1 Å². The van der Waals surface area contributed by atoms with Gasteiger partial charge in [-0.15, -0.1) is 0 Å². The van der Waals surface area contributed by atoms with Gasteiger partial charge in [-0.05, 0) is 49.6 Å². The number of aromatic nitrogens is 1. The van der Waals surface area contributed by atoms with Crippen LogP contribution in [0.1, 0.15) is 24.4 Å². The van der Waals surface area contributed by atoms with Gasteiger partial charge in [-0.3, -0.25) is 4.98 Å². The molecule has 0 spiro atoms. The van der Waals surface area contributed by atoms with Crippen LogP contribution in [-0.2, 0) is 4.74 Å². The summed E-state index contributed by atoms with van der Waals surface area (Å²) in [7, 11) is 3.82. The van der Waals surface area contributed by atoms with Crippen LogP contribution in [0.4, 0.5) is 0 Å². The average Bonchev–Trinajstić information content (AvgIpc) is 3.28. The van der Waals surface area contributed by atoms with Gasteiger partial charge in [0, 0.05) is 18.7 Å². The van der Waals surface area contributed by atoms with Crippen molar-refractivity contribution in [2.75, 3.05) is 14.2 Å². The van der Waals surface area contributed by atoms with Crippen LogP contribution in [0.2, 0.25) is 0 Å². The van der Waals surface area contributed by atoms with Gasteiger partial charge in [-0.1, -0.05) is 12.1 Å². The Labute approximate surface area is 114 Å². The standard InChI is InChI=1S/C16H20N2O/c1-17-15(16(19-2)11-5-6-11)13-7-8-14-12(10-13)4-3-9-18-14/h3-4,7-11,15-17H,5-6H2,1-2H3. The summed E-state index contributed by atoms with van der Waals surface area (Å²) in [5, 5.41) is 4.60. The van der Waals surface area contributed by atoms with Crippen molar-refractivity contribution >= 4 is 10.9 Å². The molecule has 1 aliphatic carbocycles. The van der Waals surface area contributed by atoms with Gasteiger partial charge in [0.25, 0.3) is 0 Å². The second-order valence-electron chi connectivity index (χ2n) is 5.26. The van der Waals surface area contributed by atoms with E-state index in [2.05, 4.69) is 34.6 Å². The molecule has 19 heavy (non-hydrogen) atoms. The smallest absolute Gasteiger partial charge is 0.0793 e. The molecule has 0 saturated heterocycles. The largest absolute Gasteiger partial charge is 0.379 e. The van der Waals surface area contributed by atoms with Crippen molar-refractivity contribution < 1.29 is 4.74 Å². The first kappa shape index (κ1) is 12.6. The minimum Gasteiger partial charge on any atom is -0.379 e. The third-order valence-corrected chi connectivity index (χ3v) is 3.98. The first-order valence-electron chi connectivity index (χ1n) is 6.88. The highest BCUT2D eigenvalue weighted by molar-refractivity contribution is 5.79. The van der Waals surface area contributed by atoms with Crippen molar-refractivity contribution in [3.8, 4) is 0 Å². The molecule has 2 unspecified atom stereocenters. The molecule has 3 heteroatoms. The molecular weight excluding hydrogens is 236 g/mol. The lowest BCUT2D eigenvalue weighted by Crippen LogP contribution is -2.32. The van der Waals surface area contributed by atoms with Crippen molar-refractivity contribution in [2.24, 2.45) is 5.92 Å². The van der Waals surface area contributed by atoms with Gasteiger partial charge in [0.1, 0.15) is 0 Å². The van der Waals surface area contributed by atoms with Crippen LogP contribution in [0, 0.1) is 5.92 Å². The third-order valence-electron chi connectivity index (χ3n) is 3.98. The molecule has 3 rings (SSSR count). The molecule has 1 N–H and O–H groups in total. The van der Waals surface area contributed by atoms with Gasteiger partial charge in [0.15, 0.2) is 0 Å². The number of fused-ring (bicyclic) bond motifs is 1. The Balaban J connectivity index is 1.95. The van der Waals surface area contributed by atoms with E-state index in [0.29, 0.717) is 5.92 Å². The molecule has 1 aromatic carbocycles. The predicted molar refractivity (Wildman–Crippen MR) is 77.1 cm³/mol. The van der Waals surface area contributed by atoms with Gasteiger partial charge >= 0.3 is 0 Å². The maximum atomic E-state index is 5.72. The van der Waals surface area contributed by atoms with Crippen molar-refractivity contribution in [1.29, 1.82) is 0 Å². The number of rotatable bonds is 5. The summed E-state index contributed by atoms with van der Waals surface area (Å²) in [6.07, 6.45) is 4.66. The Morgan fingerprint density at radius 1 is 1.32 bits per heavy atom. The summed E-state index contributed by atoms with van der Waals surface area (Å²) >= 11 is 0. The molecule has 0 bridgehead atoms. The normalized spacial score (nSPS) is 18.4. The number of hydrogen-bond acceptors (Lipinski definition) is 3. The molecule has 0 aliphatic heterocycles. The monoisotopic (exact) mass is 256 g/mol. The number of hydrogen-bond donors (Lipinski definition) is 1. The molecule has 100 valence electrons. The maximum Gasteiger partial charge on any atom is 0.0793 e. The van der Waals surface area contributed by atoms with E-state index in [4.69, 9.17) is 4.74 Å². The second kappa shape index (κ2) is 5.27. The summed E-state index contributed by atoms with van der Waals surface area (Å²) in [4.78, 5) is 4.37. The van der Waals surface area contributed by atoms with E-state index in [0.717, 1.165) is 5.52 Å². The van der Waals surface area contributed by atoms with Gasteiger partial charge in [0.05, 0.1) is 17.7 Å². The van der Waals surface area contributed by atoms with Crippen LogP contribution in [0.25, 0.3) is 10.9 Å². The lowest BCUT2D eigenvalue weighted by atomic mass is 9.96. The van der Waals surface area contributed by atoms with Crippen LogP contribution in [0.15, 0.2) is 36.5 Å². The maximum absolute atomic E-state index is 5.72. The van der Waals surface area contributed by atoms with Crippen LogP contribution in [-0.4, -0.2) is 25.2 Å². The van der Waals surface area contributed by atoms with Crippen LogP contribution in [0.3, 0.4) is 0 Å². The lowest BCUT2D eigenvalue weighted by Gasteiger charge is -2.26. The number of likely N-dealkylation sites (N-methyl/N-ethyl adjacent to an activating group) is 1. The highest BCUT2D eigenvalue weighted by Gasteiger charge is 2.36. The zero-order chi connectivity index (χ0) is 13.2. The lowest BCUT2D eigenvalue weighted by molar-refractivity contribution is 0.0531. The molecule has 0 amide bonds. The van der Waals surface area contributed by atoms with Crippen LogP contribution in [0.5, 0.6) is 0 Å². The van der Waals surface area contributed by atoms with Crippen molar-refractivity contribution in [1.82, 2.24) is 10.3 Å². The molecule has 1 heterocycles. The fourth-order valence-electron chi connectivity index (χ4n) is 2.83. The molecule has 2 aromatic rings. The molecule has 1 saturated carbocycles. The molecular formula is C16H20N2O. The van der Waals surface area contributed by atoms with E-state index in [1.54, 1.807) is 0 Å². The van der Waals surface area contributed by atoms with Crippen molar-refractivity contribution in [3.63, 3.8) is 0 Å². The molecule has 1 aromatic heterocycles. The first-order chi connectivity index (χ1) is 9.33. The summed E-state index contributed by atoms with van der Waals surface area (Å²) in [5.74, 6) is 0.701. The predicted octanol–water partition coefficient (Wildman–Crippen LogP) is 2.92. The number of methoxy groups -OCH3 is 1. The van der Waals surface area contributed by atoms with Crippen molar-refractivity contribution in [2.45, 2.75) is 25.0 Å². The number of nitrogens with one attached hydrogen (secondary N) is 1. The zero-order valence-corrected chi connectivity index (χ0v) is 11.5. The van der Waals surface area contributed by atoms with Gasteiger partial charge in [-0.2, -0.15) is 0 Å². The fraction of sp³-hybridized carbons (Fsp3) is 0.438. The van der Waals surface area contributed by atoms with E-state index in [-0.39, 0.29) is 12.1 Å². The zero-order valence-electron chi connectivity index (χ0n) is 11.5. The molecule has 1 fully saturated rings. The number of benzene rings is 1. The summed E-state index contributed by atoms with van der Waals surface area (Å²) < 4.78 is 5.72. The Bertz CT molecular complexity index is 565. The van der Waals surface area contributed by atoms with E-state index < -0.39 is 0 Å². The van der Waals surface area contributed by atoms with Crippen molar-refractivity contribution in [3.05, 3.63) is 42.1 Å². The highest BCUT2D eigenvalue weighted by atomic mass is 16.5. The average molecular weight is 256 g/mol. The Hall–Kier alpha value is -1.45. The SMILES string of the molecule is CNC(c1ccc2ncccc2c1)C(OC)C1CC1. The van der Waals surface area contributed by atoms with Gasteiger partial charge in [0.2, 0.25) is 0 Å². The quantitative estimate of drug-likeness (QED) is 0.893. The molecule has 3 nitrogen and oxygen atoms in total. The summed E-state index contributed by atoms with van der Waals surface area (Å²) in [6, 6.07) is 10.8. The topological polar surface area (TPSA) is 34.2 Å². The summed E-state index contributed by atoms with van der Waals surface area (Å²) in [5.41, 5.74) is 2.32. The van der Waals surface area contributed by atoms with E-state index in [1.807, 2.05) is 26.4 Å². The number of ether oxygens (including phenoxy) is 1. The Morgan fingerprint density at radius 2 is 2.16 bits per heavy atom. The van der Waals surface area contributed by atoms with Gasteiger partial charge in [-0.25, -0.2) is 0 Å². The third kappa shape index (κ3) is 2.48. The van der Waals surface area contributed by atoms with E-state index >= 15 is 0 Å². The molecule has 1 aliphatic rings. The number of pyridine rings is 1. The van der Waals surface area contributed by atoms with Crippen LogP contribution < -0.4 is 5.32 Å². The van der Waals surface area contributed by atoms with E-state index in [9.17, 15) is 0 Å². The van der Waals surface area contributed by atoms with Crippen LogP contribution >= 0.6 is 0 Å². The number of nitrogens with zero attached hydrogens (tertiary/aromatic N) is 1. The summed E-state index contributed by atoms with van der Waals surface area (Å²) in [6.45, 7) is 0. The second-order valence-corrected chi connectivity index (χ2v) is 5.26. The van der Waals surface area contributed by atoms with E-state index in [1.165, 1.54) is 23.8 Å².